The van der Waals surface area contributed by atoms with Crippen molar-refractivity contribution in [1.82, 2.24) is 0 Å². The number of hydrogen-bond donors (Lipinski definition) is 4. The van der Waals surface area contributed by atoms with Crippen LogP contribution in [0.4, 0.5) is 0 Å². The maximum absolute atomic E-state index is 11.3. The van der Waals surface area contributed by atoms with Gasteiger partial charge in [-0.3, -0.25) is 0 Å². The minimum atomic E-state index is -0.803. The second-order valence-corrected chi connectivity index (χ2v) is 10.2. The van der Waals surface area contributed by atoms with Crippen molar-refractivity contribution in [3.05, 3.63) is 64.7 Å². The van der Waals surface area contributed by atoms with Crippen LogP contribution in [0.25, 0.3) is 11.1 Å². The lowest BCUT2D eigenvalue weighted by atomic mass is 9.72. The highest BCUT2D eigenvalue weighted by Gasteiger charge is 2.38. The zero-order valence-corrected chi connectivity index (χ0v) is 21.9. The lowest BCUT2D eigenvalue weighted by Crippen LogP contribution is -2.32. The molecule has 4 N–H and O–H groups in total. The Kier molecular flexibility index (Phi) is 7.68. The first-order valence-electron chi connectivity index (χ1n) is 13.4. The molecule has 1 aliphatic heterocycles. The topological polar surface area (TPSA) is 109 Å². The fourth-order valence-electron chi connectivity index (χ4n) is 5.95. The van der Waals surface area contributed by atoms with Crippen molar-refractivity contribution in [1.29, 1.82) is 0 Å². The van der Waals surface area contributed by atoms with E-state index in [4.69, 9.17) is 14.2 Å². The van der Waals surface area contributed by atoms with Gasteiger partial charge in [-0.15, -0.1) is 0 Å². The van der Waals surface area contributed by atoms with Crippen molar-refractivity contribution in [3.8, 4) is 39.9 Å². The Balaban J connectivity index is 1.64. The number of hydrogen-bond acceptors (Lipinski definition) is 7. The Hall–Kier alpha value is -3.42. The molecule has 3 aromatic rings. The fraction of sp³-hybridized carbons (Fsp3) is 0.419. The third-order valence-corrected chi connectivity index (χ3v) is 7.69. The number of unbranched alkanes of at least 4 members (excludes halogenated alkanes) is 2. The molecule has 7 heteroatoms. The first kappa shape index (κ1) is 26.2. The summed E-state index contributed by atoms with van der Waals surface area (Å²) in [4.78, 5) is 0. The Labute approximate surface area is 223 Å². The SMILES string of the molecule is CCCCC[C@@H]1Cc2cc(O)ccc2-c2c(OCCO)cc3c(c21)C[C@@H](O)[C@@H](c1ccc(O)c(OC)c1)O3. The van der Waals surface area contributed by atoms with Gasteiger partial charge in [0.1, 0.15) is 30.0 Å². The summed E-state index contributed by atoms with van der Waals surface area (Å²) in [6.07, 6.45) is 4.04. The minimum Gasteiger partial charge on any atom is -0.508 e. The molecule has 1 aliphatic carbocycles. The van der Waals surface area contributed by atoms with Crippen molar-refractivity contribution in [2.24, 2.45) is 0 Å². The largest absolute Gasteiger partial charge is 0.508 e. The van der Waals surface area contributed by atoms with Crippen LogP contribution in [0.1, 0.15) is 66.9 Å². The second kappa shape index (κ2) is 11.1. The van der Waals surface area contributed by atoms with Gasteiger partial charge < -0.3 is 34.6 Å². The zero-order chi connectivity index (χ0) is 26.8. The molecule has 0 bridgehead atoms. The van der Waals surface area contributed by atoms with E-state index in [0.717, 1.165) is 59.9 Å². The van der Waals surface area contributed by atoms with E-state index in [2.05, 4.69) is 6.92 Å². The van der Waals surface area contributed by atoms with Gasteiger partial charge in [-0.05, 0) is 65.3 Å². The monoisotopic (exact) mass is 520 g/mol. The van der Waals surface area contributed by atoms with Crippen molar-refractivity contribution in [2.45, 2.75) is 63.6 Å². The van der Waals surface area contributed by atoms with Crippen LogP contribution >= 0.6 is 0 Å². The predicted molar refractivity (Wildman–Crippen MR) is 144 cm³/mol. The third kappa shape index (κ3) is 4.88. The molecule has 38 heavy (non-hydrogen) atoms. The van der Waals surface area contributed by atoms with Gasteiger partial charge in [-0.1, -0.05) is 38.3 Å². The number of phenolic OH excluding ortho intramolecular Hbond substituents is 2. The summed E-state index contributed by atoms with van der Waals surface area (Å²) in [5.74, 6) is 2.03. The molecule has 0 fully saturated rings. The molecule has 0 saturated heterocycles. The van der Waals surface area contributed by atoms with Gasteiger partial charge in [0.05, 0.1) is 19.8 Å². The number of aliphatic hydroxyl groups is 2. The lowest BCUT2D eigenvalue weighted by Gasteiger charge is -2.37. The standard InChI is InChI=1S/C31H36O7/c1-3-4-5-6-18-13-20-14-21(33)8-9-22(20)30-28(37-12-11-32)17-26-23(29(18)30)16-25(35)31(38-26)19-7-10-24(34)27(15-19)36-2/h7-10,14-15,17-18,25,31-35H,3-6,11-13,16H2,1-2H3/t18-,25-,31-/m1/s1. The smallest absolute Gasteiger partial charge is 0.160 e. The Morgan fingerprint density at radius 1 is 1.00 bits per heavy atom. The van der Waals surface area contributed by atoms with E-state index in [0.29, 0.717) is 29.2 Å². The lowest BCUT2D eigenvalue weighted by molar-refractivity contribution is 0.0200. The molecule has 2 aliphatic rings. The molecule has 0 radical (unpaired) electrons. The predicted octanol–water partition coefficient (Wildman–Crippen LogP) is 5.40. The number of aromatic hydroxyl groups is 2. The number of ether oxygens (including phenoxy) is 3. The summed E-state index contributed by atoms with van der Waals surface area (Å²) < 4.78 is 17.8. The number of fused-ring (bicyclic) bond motifs is 5. The maximum atomic E-state index is 11.3. The van der Waals surface area contributed by atoms with Crippen molar-refractivity contribution in [2.75, 3.05) is 20.3 Å². The van der Waals surface area contributed by atoms with Gasteiger partial charge in [0.25, 0.3) is 0 Å². The molecule has 0 amide bonds. The molecule has 0 unspecified atom stereocenters. The van der Waals surface area contributed by atoms with E-state index in [-0.39, 0.29) is 30.6 Å². The summed E-state index contributed by atoms with van der Waals surface area (Å²) in [6, 6.07) is 12.3. The minimum absolute atomic E-state index is 0.0235. The Morgan fingerprint density at radius 3 is 2.61 bits per heavy atom. The highest BCUT2D eigenvalue weighted by molar-refractivity contribution is 5.83. The highest BCUT2D eigenvalue weighted by atomic mass is 16.5. The molecule has 0 spiro atoms. The molecule has 3 atom stereocenters. The average molecular weight is 521 g/mol. The van der Waals surface area contributed by atoms with Crippen LogP contribution in [0.5, 0.6) is 28.7 Å². The number of phenols is 2. The van der Waals surface area contributed by atoms with Crippen LogP contribution in [-0.2, 0) is 12.8 Å². The van der Waals surface area contributed by atoms with Gasteiger partial charge in [0.2, 0.25) is 0 Å². The van der Waals surface area contributed by atoms with Crippen LogP contribution in [-0.4, -0.2) is 46.9 Å². The van der Waals surface area contributed by atoms with E-state index in [1.807, 2.05) is 18.2 Å². The molecule has 0 aromatic heterocycles. The first-order valence-corrected chi connectivity index (χ1v) is 13.4. The van der Waals surface area contributed by atoms with Crippen LogP contribution in [0.2, 0.25) is 0 Å². The zero-order valence-electron chi connectivity index (χ0n) is 21.9. The summed E-state index contributed by atoms with van der Waals surface area (Å²) in [5.41, 5.74) is 5.84. The van der Waals surface area contributed by atoms with Crippen LogP contribution in [0.3, 0.4) is 0 Å². The normalized spacial score (nSPS) is 19.6. The summed E-state index contributed by atoms with van der Waals surface area (Å²) in [6.45, 7) is 2.21. The number of benzene rings is 3. The fourth-order valence-corrected chi connectivity index (χ4v) is 5.95. The van der Waals surface area contributed by atoms with Crippen LogP contribution in [0, 0.1) is 0 Å². The molecule has 0 saturated carbocycles. The Bertz CT molecular complexity index is 1300. The van der Waals surface area contributed by atoms with Gasteiger partial charge in [0.15, 0.2) is 11.5 Å². The molecular formula is C31H36O7. The van der Waals surface area contributed by atoms with E-state index >= 15 is 0 Å². The van der Waals surface area contributed by atoms with Crippen molar-refractivity contribution >= 4 is 0 Å². The van der Waals surface area contributed by atoms with E-state index in [9.17, 15) is 20.4 Å². The Morgan fingerprint density at radius 2 is 1.84 bits per heavy atom. The van der Waals surface area contributed by atoms with Crippen molar-refractivity contribution in [3.63, 3.8) is 0 Å². The first-order chi connectivity index (χ1) is 18.4. The summed E-state index contributed by atoms with van der Waals surface area (Å²) in [7, 11) is 1.49. The third-order valence-electron chi connectivity index (χ3n) is 7.69. The molecule has 1 heterocycles. The summed E-state index contributed by atoms with van der Waals surface area (Å²) >= 11 is 0. The molecular weight excluding hydrogens is 484 g/mol. The number of rotatable bonds is 9. The van der Waals surface area contributed by atoms with E-state index in [1.165, 1.54) is 7.11 Å². The molecule has 3 aromatic carbocycles. The van der Waals surface area contributed by atoms with Gasteiger partial charge in [0, 0.05) is 23.6 Å². The van der Waals surface area contributed by atoms with Crippen LogP contribution < -0.4 is 14.2 Å². The molecule has 202 valence electrons. The van der Waals surface area contributed by atoms with Crippen LogP contribution in [0.15, 0.2) is 42.5 Å². The summed E-state index contributed by atoms with van der Waals surface area (Å²) in [5, 5.41) is 41.1. The van der Waals surface area contributed by atoms with Gasteiger partial charge >= 0.3 is 0 Å². The molecule has 5 rings (SSSR count). The average Bonchev–Trinajstić information content (AvgIpc) is 2.91. The maximum Gasteiger partial charge on any atom is 0.160 e. The van der Waals surface area contributed by atoms with E-state index < -0.39 is 12.2 Å². The second-order valence-electron chi connectivity index (χ2n) is 10.2. The number of methoxy groups -OCH3 is 1. The molecule has 7 nitrogen and oxygen atoms in total. The van der Waals surface area contributed by atoms with E-state index in [1.54, 1.807) is 24.3 Å². The number of aliphatic hydroxyl groups excluding tert-OH is 2. The van der Waals surface area contributed by atoms with Gasteiger partial charge in [-0.25, -0.2) is 0 Å². The quantitative estimate of drug-likeness (QED) is 0.280. The highest BCUT2D eigenvalue weighted by Crippen LogP contribution is 2.53. The van der Waals surface area contributed by atoms with Crippen molar-refractivity contribution < 1.29 is 34.6 Å². The van der Waals surface area contributed by atoms with Gasteiger partial charge in [-0.2, -0.15) is 0 Å².